The summed E-state index contributed by atoms with van der Waals surface area (Å²) in [6, 6.07) is 4.82. The molecule has 1 aromatic carbocycles. The molecule has 0 saturated carbocycles. The van der Waals surface area contributed by atoms with E-state index in [9.17, 15) is 4.79 Å². The topological polar surface area (TPSA) is 63.3 Å². The van der Waals surface area contributed by atoms with Crippen molar-refractivity contribution in [2.75, 3.05) is 5.73 Å². The quantitative estimate of drug-likeness (QED) is 0.626. The molecule has 0 saturated heterocycles. The summed E-state index contributed by atoms with van der Waals surface area (Å²) in [7, 11) is 0. The smallest absolute Gasteiger partial charge is 0.335 e. The van der Waals surface area contributed by atoms with Gasteiger partial charge < -0.3 is 10.8 Å². The SMILES string of the molecule is CC(C)C(C)Sc1cc(C(=O)O)ccc1N. The van der Waals surface area contributed by atoms with Gasteiger partial charge in [0.2, 0.25) is 0 Å². The van der Waals surface area contributed by atoms with E-state index in [4.69, 9.17) is 10.8 Å². The molecule has 0 heterocycles. The standard InChI is InChI=1S/C12H17NO2S/c1-7(2)8(3)16-11-6-9(12(14)15)4-5-10(11)13/h4-8H,13H2,1-3H3,(H,14,15). The Morgan fingerprint density at radius 1 is 1.38 bits per heavy atom. The van der Waals surface area contributed by atoms with Crippen molar-refractivity contribution < 1.29 is 9.90 Å². The normalized spacial score (nSPS) is 12.8. The van der Waals surface area contributed by atoms with Crippen LogP contribution in [0.3, 0.4) is 0 Å². The van der Waals surface area contributed by atoms with Crippen molar-refractivity contribution in [2.45, 2.75) is 30.9 Å². The Bertz CT molecular complexity index is 391. The molecular formula is C12H17NO2S. The molecule has 3 N–H and O–H groups in total. The van der Waals surface area contributed by atoms with Gasteiger partial charge in [-0.15, -0.1) is 11.8 Å². The van der Waals surface area contributed by atoms with Gasteiger partial charge in [0.15, 0.2) is 0 Å². The zero-order valence-corrected chi connectivity index (χ0v) is 10.5. The number of carbonyl (C=O) groups is 1. The molecule has 0 amide bonds. The Balaban J connectivity index is 2.94. The van der Waals surface area contributed by atoms with Crippen molar-refractivity contribution in [2.24, 2.45) is 5.92 Å². The van der Waals surface area contributed by atoms with Crippen molar-refractivity contribution in [3.8, 4) is 0 Å². The van der Waals surface area contributed by atoms with Gasteiger partial charge in [0.25, 0.3) is 0 Å². The number of nitrogen functional groups attached to an aromatic ring is 1. The largest absolute Gasteiger partial charge is 0.478 e. The number of thioether (sulfide) groups is 1. The van der Waals surface area contributed by atoms with E-state index in [1.807, 2.05) is 0 Å². The van der Waals surface area contributed by atoms with Crippen LogP contribution in [-0.2, 0) is 0 Å². The highest BCUT2D eigenvalue weighted by atomic mass is 32.2. The number of benzene rings is 1. The lowest BCUT2D eigenvalue weighted by Crippen LogP contribution is -2.06. The van der Waals surface area contributed by atoms with Crippen LogP contribution < -0.4 is 5.73 Å². The van der Waals surface area contributed by atoms with Crippen LogP contribution in [0.2, 0.25) is 0 Å². The molecule has 1 atom stereocenters. The summed E-state index contributed by atoms with van der Waals surface area (Å²) in [5.41, 5.74) is 6.75. The number of aromatic carboxylic acids is 1. The van der Waals surface area contributed by atoms with Crippen molar-refractivity contribution in [3.63, 3.8) is 0 Å². The highest BCUT2D eigenvalue weighted by Crippen LogP contribution is 2.32. The third-order valence-corrected chi connectivity index (χ3v) is 4.04. The maximum atomic E-state index is 10.8. The average Bonchev–Trinajstić information content (AvgIpc) is 2.20. The fourth-order valence-electron chi connectivity index (χ4n) is 1.11. The fraction of sp³-hybridized carbons (Fsp3) is 0.417. The predicted molar refractivity (Wildman–Crippen MR) is 68.0 cm³/mol. The van der Waals surface area contributed by atoms with Crippen molar-refractivity contribution in [1.29, 1.82) is 0 Å². The minimum absolute atomic E-state index is 0.285. The van der Waals surface area contributed by atoms with E-state index in [1.165, 1.54) is 6.07 Å². The number of hydrogen-bond donors (Lipinski definition) is 2. The van der Waals surface area contributed by atoms with E-state index >= 15 is 0 Å². The van der Waals surface area contributed by atoms with Gasteiger partial charge in [0.1, 0.15) is 0 Å². The van der Waals surface area contributed by atoms with E-state index in [0.29, 0.717) is 16.9 Å². The van der Waals surface area contributed by atoms with E-state index in [0.717, 1.165) is 4.90 Å². The summed E-state index contributed by atoms with van der Waals surface area (Å²) in [5, 5.41) is 9.30. The van der Waals surface area contributed by atoms with E-state index in [2.05, 4.69) is 20.8 Å². The lowest BCUT2D eigenvalue weighted by molar-refractivity contribution is 0.0696. The summed E-state index contributed by atoms with van der Waals surface area (Å²) < 4.78 is 0. The first-order chi connectivity index (χ1) is 7.41. The molecule has 0 spiro atoms. The first-order valence-electron chi connectivity index (χ1n) is 5.21. The van der Waals surface area contributed by atoms with Crippen LogP contribution in [0.25, 0.3) is 0 Å². The van der Waals surface area contributed by atoms with Gasteiger partial charge in [0.05, 0.1) is 5.56 Å². The minimum atomic E-state index is -0.918. The molecule has 16 heavy (non-hydrogen) atoms. The summed E-state index contributed by atoms with van der Waals surface area (Å²) >= 11 is 1.62. The predicted octanol–water partition coefficient (Wildman–Crippen LogP) is 3.10. The summed E-state index contributed by atoms with van der Waals surface area (Å²) in [4.78, 5) is 11.7. The second kappa shape index (κ2) is 5.25. The van der Waals surface area contributed by atoms with Crippen molar-refractivity contribution in [1.82, 2.24) is 0 Å². The second-order valence-corrected chi connectivity index (χ2v) is 5.54. The van der Waals surface area contributed by atoms with Gasteiger partial charge in [-0.3, -0.25) is 0 Å². The molecule has 0 aliphatic rings. The number of carboxylic acids is 1. The number of carboxylic acid groups (broad SMARTS) is 1. The summed E-state index contributed by atoms with van der Waals surface area (Å²) in [6.45, 7) is 6.38. The van der Waals surface area contributed by atoms with Crippen LogP contribution in [0.1, 0.15) is 31.1 Å². The molecule has 4 heteroatoms. The van der Waals surface area contributed by atoms with E-state index in [1.54, 1.807) is 23.9 Å². The molecule has 1 rings (SSSR count). The monoisotopic (exact) mass is 239 g/mol. The van der Waals surface area contributed by atoms with Gasteiger partial charge in [-0.05, 0) is 24.1 Å². The average molecular weight is 239 g/mol. The molecule has 0 aliphatic carbocycles. The Labute approximate surface area is 100 Å². The van der Waals surface area contributed by atoms with Crippen molar-refractivity contribution >= 4 is 23.4 Å². The Morgan fingerprint density at radius 2 is 2.00 bits per heavy atom. The fourth-order valence-corrected chi connectivity index (χ4v) is 2.18. The summed E-state index contributed by atoms with van der Waals surface area (Å²) in [5.74, 6) is -0.392. The molecule has 0 radical (unpaired) electrons. The van der Waals surface area contributed by atoms with Gasteiger partial charge >= 0.3 is 5.97 Å². The zero-order chi connectivity index (χ0) is 12.3. The van der Waals surface area contributed by atoms with Gasteiger partial charge in [-0.1, -0.05) is 20.8 Å². The van der Waals surface area contributed by atoms with E-state index in [-0.39, 0.29) is 5.56 Å². The highest BCUT2D eigenvalue weighted by molar-refractivity contribution is 8.00. The Hall–Kier alpha value is -1.16. The van der Waals surface area contributed by atoms with Crippen LogP contribution in [0.15, 0.2) is 23.1 Å². The lowest BCUT2D eigenvalue weighted by atomic mass is 10.2. The minimum Gasteiger partial charge on any atom is -0.478 e. The molecule has 0 bridgehead atoms. The maximum absolute atomic E-state index is 10.8. The third-order valence-electron chi connectivity index (χ3n) is 2.51. The van der Waals surface area contributed by atoms with Crippen LogP contribution in [0, 0.1) is 5.92 Å². The molecule has 0 fully saturated rings. The molecular weight excluding hydrogens is 222 g/mol. The van der Waals surface area contributed by atoms with Gasteiger partial charge in [-0.25, -0.2) is 4.79 Å². The molecule has 1 unspecified atom stereocenters. The van der Waals surface area contributed by atoms with Crippen molar-refractivity contribution in [3.05, 3.63) is 23.8 Å². The summed E-state index contributed by atoms with van der Waals surface area (Å²) in [6.07, 6.45) is 0. The maximum Gasteiger partial charge on any atom is 0.335 e. The van der Waals surface area contributed by atoms with Crippen LogP contribution in [0.4, 0.5) is 5.69 Å². The lowest BCUT2D eigenvalue weighted by Gasteiger charge is -2.16. The first-order valence-corrected chi connectivity index (χ1v) is 6.09. The number of nitrogens with two attached hydrogens (primary N) is 1. The molecule has 88 valence electrons. The Kier molecular flexibility index (Phi) is 4.24. The molecule has 0 aromatic heterocycles. The zero-order valence-electron chi connectivity index (χ0n) is 9.73. The van der Waals surface area contributed by atoms with Crippen LogP contribution in [-0.4, -0.2) is 16.3 Å². The van der Waals surface area contributed by atoms with Gasteiger partial charge in [0, 0.05) is 15.8 Å². The molecule has 1 aromatic rings. The highest BCUT2D eigenvalue weighted by Gasteiger charge is 2.13. The number of hydrogen-bond acceptors (Lipinski definition) is 3. The van der Waals surface area contributed by atoms with Crippen LogP contribution in [0.5, 0.6) is 0 Å². The Morgan fingerprint density at radius 3 is 2.50 bits per heavy atom. The third kappa shape index (κ3) is 3.17. The second-order valence-electron chi connectivity index (χ2n) is 4.12. The van der Waals surface area contributed by atoms with Gasteiger partial charge in [-0.2, -0.15) is 0 Å². The molecule has 3 nitrogen and oxygen atoms in total. The van der Waals surface area contributed by atoms with E-state index < -0.39 is 5.97 Å². The number of rotatable bonds is 4. The number of anilines is 1. The molecule has 0 aliphatic heterocycles. The van der Waals surface area contributed by atoms with Crippen LogP contribution >= 0.6 is 11.8 Å². The first kappa shape index (κ1) is 12.9.